The summed E-state index contributed by atoms with van der Waals surface area (Å²) in [6, 6.07) is 13.0. The lowest BCUT2D eigenvalue weighted by Crippen LogP contribution is -2.39. The Labute approximate surface area is 154 Å². The summed E-state index contributed by atoms with van der Waals surface area (Å²) in [6.07, 6.45) is 1.42. The molecule has 0 spiro atoms. The van der Waals surface area contributed by atoms with Crippen molar-refractivity contribution in [3.05, 3.63) is 47.5 Å². The van der Waals surface area contributed by atoms with Gasteiger partial charge in [0.25, 0.3) is 0 Å². The van der Waals surface area contributed by atoms with Gasteiger partial charge in [0, 0.05) is 13.0 Å². The van der Waals surface area contributed by atoms with Crippen LogP contribution in [0.4, 0.5) is 5.69 Å². The summed E-state index contributed by atoms with van der Waals surface area (Å²) in [7, 11) is 2.17. The molecule has 0 aromatic heterocycles. The van der Waals surface area contributed by atoms with Crippen LogP contribution in [0.25, 0.3) is 0 Å². The molecule has 1 saturated carbocycles. The molecule has 5 rings (SSSR count). The Morgan fingerprint density at radius 2 is 1.85 bits per heavy atom. The molecular weight excluding hydrogens is 326 g/mol. The summed E-state index contributed by atoms with van der Waals surface area (Å²) >= 11 is 0. The zero-order chi connectivity index (χ0) is 17.8. The molecule has 0 bridgehead atoms. The van der Waals surface area contributed by atoms with Gasteiger partial charge in [-0.15, -0.1) is 0 Å². The van der Waals surface area contributed by atoms with E-state index in [1.807, 2.05) is 6.07 Å². The van der Waals surface area contributed by atoms with E-state index in [9.17, 15) is 0 Å². The van der Waals surface area contributed by atoms with E-state index in [2.05, 4.69) is 56.1 Å². The fourth-order valence-corrected chi connectivity index (χ4v) is 4.24. The van der Waals surface area contributed by atoms with E-state index in [1.165, 1.54) is 23.2 Å². The van der Waals surface area contributed by atoms with Crippen LogP contribution in [0.15, 0.2) is 36.4 Å². The van der Waals surface area contributed by atoms with Gasteiger partial charge in [0.05, 0.1) is 12.2 Å². The lowest BCUT2D eigenvalue weighted by atomic mass is 10.0. The van der Waals surface area contributed by atoms with Crippen LogP contribution >= 0.6 is 0 Å². The summed E-state index contributed by atoms with van der Waals surface area (Å²) in [6.45, 7) is 5.72. The second kappa shape index (κ2) is 5.83. The molecule has 0 saturated heterocycles. The highest BCUT2D eigenvalue weighted by atomic mass is 16.7. The maximum Gasteiger partial charge on any atom is 0.231 e. The second-order valence-electron chi connectivity index (χ2n) is 8.04. The third-order valence-corrected chi connectivity index (χ3v) is 5.94. The van der Waals surface area contributed by atoms with Crippen LogP contribution in [0.1, 0.15) is 43.2 Å². The summed E-state index contributed by atoms with van der Waals surface area (Å²) in [4.78, 5) is 2.34. The summed E-state index contributed by atoms with van der Waals surface area (Å²) in [5, 5.41) is 0. The van der Waals surface area contributed by atoms with Crippen LogP contribution in [0.3, 0.4) is 0 Å². The predicted molar refractivity (Wildman–Crippen MR) is 102 cm³/mol. The number of ether oxygens (including phenoxy) is 3. The van der Waals surface area contributed by atoms with Crippen LogP contribution in [0.2, 0.25) is 0 Å². The third-order valence-electron chi connectivity index (χ3n) is 5.94. The molecule has 1 fully saturated rings. The first-order valence-corrected chi connectivity index (χ1v) is 9.51. The molecule has 3 aliphatic rings. The van der Waals surface area contributed by atoms with Crippen LogP contribution < -0.4 is 19.1 Å². The molecule has 2 aromatic rings. The maximum atomic E-state index is 6.46. The lowest BCUT2D eigenvalue weighted by molar-refractivity contribution is 0.170. The molecule has 1 aliphatic carbocycles. The minimum absolute atomic E-state index is 0.241. The Morgan fingerprint density at radius 1 is 1.00 bits per heavy atom. The highest BCUT2D eigenvalue weighted by Gasteiger charge is 2.47. The Kier molecular flexibility index (Phi) is 3.56. The van der Waals surface area contributed by atoms with Gasteiger partial charge in [0.1, 0.15) is 11.9 Å². The van der Waals surface area contributed by atoms with E-state index in [1.54, 1.807) is 0 Å². The molecule has 0 N–H and O–H groups in total. The van der Waals surface area contributed by atoms with Crippen molar-refractivity contribution < 1.29 is 14.2 Å². The molecule has 26 heavy (non-hydrogen) atoms. The number of anilines is 1. The molecule has 3 atom stereocenters. The van der Waals surface area contributed by atoms with Gasteiger partial charge in [-0.3, -0.25) is 0 Å². The lowest BCUT2D eigenvalue weighted by Gasteiger charge is -2.34. The van der Waals surface area contributed by atoms with Gasteiger partial charge in [-0.25, -0.2) is 0 Å². The summed E-state index contributed by atoms with van der Waals surface area (Å²) in [5.41, 5.74) is 3.87. The summed E-state index contributed by atoms with van der Waals surface area (Å²) < 4.78 is 17.4. The Hall–Kier alpha value is -2.36. The number of likely N-dealkylation sites (N-methyl/N-ethyl adjacent to an activating group) is 1. The predicted octanol–water partition coefficient (Wildman–Crippen LogP) is 4.54. The second-order valence-corrected chi connectivity index (χ2v) is 8.04. The number of hydrogen-bond acceptors (Lipinski definition) is 4. The van der Waals surface area contributed by atoms with Crippen LogP contribution in [-0.4, -0.2) is 26.5 Å². The Balaban J connectivity index is 1.35. The van der Waals surface area contributed by atoms with Gasteiger partial charge in [-0.2, -0.15) is 0 Å². The van der Waals surface area contributed by atoms with Crippen LogP contribution in [0.5, 0.6) is 17.2 Å². The smallest absolute Gasteiger partial charge is 0.231 e. The normalized spacial score (nSPS) is 25.8. The van der Waals surface area contributed by atoms with Crippen molar-refractivity contribution in [2.45, 2.75) is 38.2 Å². The minimum atomic E-state index is 0.241. The Bertz CT molecular complexity index is 847. The molecule has 2 aliphatic heterocycles. The van der Waals surface area contributed by atoms with Crippen molar-refractivity contribution in [3.63, 3.8) is 0 Å². The van der Waals surface area contributed by atoms with Crippen molar-refractivity contribution in [2.24, 2.45) is 5.92 Å². The fraction of sp³-hybridized carbons (Fsp3) is 0.455. The van der Waals surface area contributed by atoms with Crippen LogP contribution in [-0.2, 0) is 0 Å². The van der Waals surface area contributed by atoms with Gasteiger partial charge in [0.2, 0.25) is 6.79 Å². The van der Waals surface area contributed by atoms with Gasteiger partial charge in [-0.1, -0.05) is 26.0 Å². The molecule has 4 nitrogen and oxygen atoms in total. The van der Waals surface area contributed by atoms with E-state index in [0.717, 1.165) is 23.8 Å². The highest BCUT2D eigenvalue weighted by Crippen LogP contribution is 2.53. The molecule has 2 aromatic carbocycles. The molecule has 136 valence electrons. The number of nitrogens with zero attached hydrogens (tertiary/aromatic N) is 1. The standard InChI is InChI=1S/C22H25NO3/c1-13(2)14-4-6-18-20(8-14)26-22(11-23(18)3)17-10-16(17)15-5-7-19-21(9-15)25-12-24-19/h4-9,13,16-17,22H,10-12H2,1-3H3. The topological polar surface area (TPSA) is 30.9 Å². The zero-order valence-corrected chi connectivity index (χ0v) is 15.6. The average Bonchev–Trinajstić information content (AvgIpc) is 3.30. The monoisotopic (exact) mass is 351 g/mol. The molecule has 0 radical (unpaired) electrons. The quantitative estimate of drug-likeness (QED) is 0.812. The SMILES string of the molecule is CC(C)c1ccc2c(c1)OC(C1CC1c1ccc3c(c1)OCO3)CN2C. The minimum Gasteiger partial charge on any atom is -0.486 e. The van der Waals surface area contributed by atoms with E-state index in [0.29, 0.717) is 24.5 Å². The first-order chi connectivity index (χ1) is 12.6. The van der Waals surface area contributed by atoms with E-state index < -0.39 is 0 Å². The van der Waals surface area contributed by atoms with Crippen molar-refractivity contribution in [1.82, 2.24) is 0 Å². The maximum absolute atomic E-state index is 6.46. The molecule has 2 heterocycles. The van der Waals surface area contributed by atoms with Crippen molar-refractivity contribution in [1.29, 1.82) is 0 Å². The van der Waals surface area contributed by atoms with Gasteiger partial charge < -0.3 is 19.1 Å². The Morgan fingerprint density at radius 3 is 2.69 bits per heavy atom. The third kappa shape index (κ3) is 2.59. The number of hydrogen-bond donors (Lipinski definition) is 0. The van der Waals surface area contributed by atoms with Crippen molar-refractivity contribution >= 4 is 5.69 Å². The van der Waals surface area contributed by atoms with E-state index in [4.69, 9.17) is 14.2 Å². The van der Waals surface area contributed by atoms with Crippen LogP contribution in [0, 0.1) is 5.92 Å². The summed E-state index contributed by atoms with van der Waals surface area (Å²) in [5.74, 6) is 4.39. The molecule has 3 unspecified atom stereocenters. The number of fused-ring (bicyclic) bond motifs is 2. The fourth-order valence-electron chi connectivity index (χ4n) is 4.24. The average molecular weight is 351 g/mol. The first-order valence-electron chi connectivity index (χ1n) is 9.51. The van der Waals surface area contributed by atoms with E-state index in [-0.39, 0.29) is 6.10 Å². The zero-order valence-electron chi connectivity index (χ0n) is 15.6. The molecular formula is C22H25NO3. The van der Waals surface area contributed by atoms with Gasteiger partial charge in [-0.05, 0) is 53.6 Å². The molecule has 4 heteroatoms. The highest BCUT2D eigenvalue weighted by molar-refractivity contribution is 5.61. The van der Waals surface area contributed by atoms with Gasteiger partial charge >= 0.3 is 0 Å². The largest absolute Gasteiger partial charge is 0.486 e. The van der Waals surface area contributed by atoms with E-state index >= 15 is 0 Å². The van der Waals surface area contributed by atoms with Crippen molar-refractivity contribution in [3.8, 4) is 17.2 Å². The molecule has 0 amide bonds. The van der Waals surface area contributed by atoms with Crippen molar-refractivity contribution in [2.75, 3.05) is 25.3 Å². The first kappa shape index (κ1) is 15.9. The van der Waals surface area contributed by atoms with Gasteiger partial charge in [0.15, 0.2) is 11.5 Å². The number of benzene rings is 2. The number of rotatable bonds is 3.